The van der Waals surface area contributed by atoms with Crippen molar-refractivity contribution in [3.63, 3.8) is 0 Å². The Labute approximate surface area is 145 Å². The zero-order valence-electron chi connectivity index (χ0n) is 14.2. The number of hydrogen-bond donors (Lipinski definition) is 1. The van der Waals surface area contributed by atoms with Gasteiger partial charge < -0.3 is 14.6 Å². The number of phenols is 1. The molecule has 6 heteroatoms. The zero-order valence-corrected chi connectivity index (χ0v) is 14.2. The van der Waals surface area contributed by atoms with Crippen molar-refractivity contribution in [2.24, 2.45) is 0 Å². The molecule has 0 aromatic heterocycles. The van der Waals surface area contributed by atoms with Gasteiger partial charge in [-0.15, -0.1) is 0 Å². The molecule has 0 radical (unpaired) electrons. The maximum absolute atomic E-state index is 12.9. The van der Waals surface area contributed by atoms with Crippen molar-refractivity contribution < 1.29 is 29.0 Å². The van der Waals surface area contributed by atoms with Crippen LogP contribution in [0.4, 0.5) is 0 Å². The number of aryl methyl sites for hydroxylation is 1. The highest BCUT2D eigenvalue weighted by molar-refractivity contribution is 6.18. The molecule has 0 fully saturated rings. The Kier molecular flexibility index (Phi) is 5.54. The second kappa shape index (κ2) is 7.61. The van der Waals surface area contributed by atoms with Crippen molar-refractivity contribution in [3.05, 3.63) is 64.2 Å². The number of esters is 2. The summed E-state index contributed by atoms with van der Waals surface area (Å²) in [6, 6.07) is 9.68. The molecule has 6 nitrogen and oxygen atoms in total. The second-order valence-electron chi connectivity index (χ2n) is 5.25. The highest BCUT2D eigenvalue weighted by Crippen LogP contribution is 2.31. The van der Waals surface area contributed by atoms with E-state index in [2.05, 4.69) is 4.74 Å². The average molecular weight is 342 g/mol. The molecule has 0 amide bonds. The van der Waals surface area contributed by atoms with Gasteiger partial charge in [-0.25, -0.2) is 9.59 Å². The van der Waals surface area contributed by atoms with Crippen molar-refractivity contribution in [1.82, 2.24) is 0 Å². The summed E-state index contributed by atoms with van der Waals surface area (Å²) in [5.74, 6) is -2.68. The Morgan fingerprint density at radius 1 is 1.04 bits per heavy atom. The molecule has 0 bridgehead atoms. The minimum Gasteiger partial charge on any atom is -0.507 e. The average Bonchev–Trinajstić information content (AvgIpc) is 2.63. The van der Waals surface area contributed by atoms with Crippen LogP contribution < -0.4 is 0 Å². The first-order valence-electron chi connectivity index (χ1n) is 7.64. The van der Waals surface area contributed by atoms with Crippen LogP contribution in [0, 0.1) is 6.92 Å². The molecule has 0 saturated heterocycles. The number of carbonyl (C=O) groups is 3. The number of hydrogen-bond acceptors (Lipinski definition) is 6. The summed E-state index contributed by atoms with van der Waals surface area (Å²) in [4.78, 5) is 37.4. The van der Waals surface area contributed by atoms with E-state index in [0.29, 0.717) is 5.56 Å². The first-order chi connectivity index (χ1) is 11.9. The van der Waals surface area contributed by atoms with Gasteiger partial charge in [0.2, 0.25) is 0 Å². The number of methoxy groups -OCH3 is 1. The third-order valence-corrected chi connectivity index (χ3v) is 3.64. The smallest absolute Gasteiger partial charge is 0.342 e. The number of ketones is 1. The highest BCUT2D eigenvalue weighted by atomic mass is 16.5. The maximum atomic E-state index is 12.9. The largest absolute Gasteiger partial charge is 0.507 e. The van der Waals surface area contributed by atoms with E-state index in [1.54, 1.807) is 37.3 Å². The number of rotatable bonds is 5. The van der Waals surface area contributed by atoms with E-state index in [-0.39, 0.29) is 28.9 Å². The molecule has 2 aromatic carbocycles. The lowest BCUT2D eigenvalue weighted by atomic mass is 9.91. The number of benzene rings is 2. The monoisotopic (exact) mass is 342 g/mol. The van der Waals surface area contributed by atoms with Crippen LogP contribution in [0.3, 0.4) is 0 Å². The van der Waals surface area contributed by atoms with Crippen LogP contribution in [0.25, 0.3) is 0 Å². The van der Waals surface area contributed by atoms with Gasteiger partial charge in [0.15, 0.2) is 5.78 Å². The lowest BCUT2D eigenvalue weighted by Crippen LogP contribution is -2.19. The van der Waals surface area contributed by atoms with Crippen LogP contribution >= 0.6 is 0 Å². The van der Waals surface area contributed by atoms with Gasteiger partial charge in [0.25, 0.3) is 0 Å². The molecular formula is C19H18O6. The lowest BCUT2D eigenvalue weighted by Gasteiger charge is -2.15. The van der Waals surface area contributed by atoms with Crippen LogP contribution in [-0.4, -0.2) is 36.5 Å². The standard InChI is InChI=1S/C19H18O6/c1-4-25-19(23)14-13(17(21)12-8-6-5-7-9-12)10-11(2)16(20)15(14)18(22)24-3/h5-10,20H,4H2,1-3H3. The predicted octanol–water partition coefficient (Wildman–Crippen LogP) is 2.89. The Hall–Kier alpha value is -3.15. The maximum Gasteiger partial charge on any atom is 0.342 e. The zero-order chi connectivity index (χ0) is 18.6. The Morgan fingerprint density at radius 3 is 2.24 bits per heavy atom. The molecule has 0 heterocycles. The minimum atomic E-state index is -0.925. The van der Waals surface area contributed by atoms with Crippen LogP contribution in [0.2, 0.25) is 0 Å². The summed E-state index contributed by atoms with van der Waals surface area (Å²) >= 11 is 0. The number of aromatic hydroxyl groups is 1. The minimum absolute atomic E-state index is 0.0275. The van der Waals surface area contributed by atoms with Gasteiger partial charge in [0.05, 0.1) is 19.3 Å². The molecule has 0 aliphatic rings. The first-order valence-corrected chi connectivity index (χ1v) is 7.64. The summed E-state index contributed by atoms with van der Waals surface area (Å²) in [6.45, 7) is 3.17. The summed E-state index contributed by atoms with van der Waals surface area (Å²) in [6.07, 6.45) is 0. The molecule has 25 heavy (non-hydrogen) atoms. The molecule has 0 atom stereocenters. The van der Waals surface area contributed by atoms with Crippen LogP contribution in [0.5, 0.6) is 5.75 Å². The molecular weight excluding hydrogens is 324 g/mol. The van der Waals surface area contributed by atoms with E-state index >= 15 is 0 Å². The predicted molar refractivity (Wildman–Crippen MR) is 90.0 cm³/mol. The van der Waals surface area contributed by atoms with Gasteiger partial charge in [-0.2, -0.15) is 0 Å². The van der Waals surface area contributed by atoms with Crippen LogP contribution in [0.15, 0.2) is 36.4 Å². The molecule has 0 aliphatic carbocycles. The van der Waals surface area contributed by atoms with Crippen molar-refractivity contribution in [2.75, 3.05) is 13.7 Å². The fraction of sp³-hybridized carbons (Fsp3) is 0.211. The van der Waals surface area contributed by atoms with Gasteiger partial charge in [-0.05, 0) is 25.5 Å². The number of carbonyl (C=O) groups excluding carboxylic acids is 3. The molecule has 1 N–H and O–H groups in total. The molecule has 0 aliphatic heterocycles. The van der Waals surface area contributed by atoms with Crippen molar-refractivity contribution >= 4 is 17.7 Å². The van der Waals surface area contributed by atoms with Gasteiger partial charge in [-0.1, -0.05) is 30.3 Å². The number of ether oxygens (including phenoxy) is 2. The topological polar surface area (TPSA) is 89.9 Å². The molecule has 130 valence electrons. The van der Waals surface area contributed by atoms with Crippen LogP contribution in [0.1, 0.15) is 49.1 Å². The molecule has 2 aromatic rings. The first kappa shape index (κ1) is 18.2. The molecule has 0 saturated carbocycles. The second-order valence-corrected chi connectivity index (χ2v) is 5.25. The summed E-state index contributed by atoms with van der Waals surface area (Å²) in [5.41, 5.74) is -0.0899. The number of phenolic OH excluding ortho intramolecular Hbond substituents is 1. The molecule has 0 unspecified atom stereocenters. The summed E-state index contributed by atoms with van der Waals surface area (Å²) in [7, 11) is 1.12. The van der Waals surface area contributed by atoms with Crippen molar-refractivity contribution in [1.29, 1.82) is 0 Å². The highest BCUT2D eigenvalue weighted by Gasteiger charge is 2.30. The third kappa shape index (κ3) is 3.52. The van der Waals surface area contributed by atoms with Gasteiger partial charge in [-0.3, -0.25) is 4.79 Å². The van der Waals surface area contributed by atoms with Crippen LogP contribution in [-0.2, 0) is 9.47 Å². The summed E-state index contributed by atoms with van der Waals surface area (Å²) < 4.78 is 9.64. The van der Waals surface area contributed by atoms with Gasteiger partial charge in [0, 0.05) is 11.1 Å². The van der Waals surface area contributed by atoms with E-state index in [1.165, 1.54) is 13.0 Å². The Bertz CT molecular complexity index is 824. The quantitative estimate of drug-likeness (QED) is 0.664. The van der Waals surface area contributed by atoms with Gasteiger partial charge in [0.1, 0.15) is 11.3 Å². The lowest BCUT2D eigenvalue weighted by molar-refractivity contribution is 0.0499. The van der Waals surface area contributed by atoms with E-state index in [0.717, 1.165) is 7.11 Å². The third-order valence-electron chi connectivity index (χ3n) is 3.64. The fourth-order valence-corrected chi connectivity index (χ4v) is 2.45. The van der Waals surface area contributed by atoms with E-state index < -0.39 is 23.5 Å². The Balaban J connectivity index is 2.78. The van der Waals surface area contributed by atoms with E-state index in [1.807, 2.05) is 0 Å². The summed E-state index contributed by atoms with van der Waals surface area (Å²) in [5, 5.41) is 10.3. The normalized spacial score (nSPS) is 10.2. The van der Waals surface area contributed by atoms with E-state index in [9.17, 15) is 19.5 Å². The fourth-order valence-electron chi connectivity index (χ4n) is 2.45. The molecule has 2 rings (SSSR count). The van der Waals surface area contributed by atoms with Gasteiger partial charge >= 0.3 is 11.9 Å². The molecule has 0 spiro atoms. The SMILES string of the molecule is CCOC(=O)c1c(C(=O)c2ccccc2)cc(C)c(O)c1C(=O)OC. The van der Waals surface area contributed by atoms with Crippen molar-refractivity contribution in [3.8, 4) is 5.75 Å². The van der Waals surface area contributed by atoms with E-state index in [4.69, 9.17) is 4.74 Å². The van der Waals surface area contributed by atoms with Crippen molar-refractivity contribution in [2.45, 2.75) is 13.8 Å². The Morgan fingerprint density at radius 2 is 1.68 bits per heavy atom.